The van der Waals surface area contributed by atoms with Gasteiger partial charge in [0.15, 0.2) is 21.5 Å². The summed E-state index contributed by atoms with van der Waals surface area (Å²) in [6, 6.07) is 18.6. The molecule has 0 aromatic heterocycles. The van der Waals surface area contributed by atoms with Crippen molar-refractivity contribution in [2.45, 2.75) is 16.9 Å². The van der Waals surface area contributed by atoms with Gasteiger partial charge in [-0.2, -0.15) is 13.2 Å². The maximum atomic E-state index is 10.7. The molecule has 0 unspecified atom stereocenters. The molecule has 0 amide bonds. The maximum Gasteiger partial charge on any atom is 0.485 e. The molecule has 164 valence electrons. The van der Waals surface area contributed by atoms with Gasteiger partial charge in [0.2, 0.25) is 0 Å². The number of halogens is 4. The van der Waals surface area contributed by atoms with Crippen LogP contribution in [0, 0.1) is 0 Å². The number of benzene rings is 2. The summed E-state index contributed by atoms with van der Waals surface area (Å²) in [5, 5.41) is -0.0282. The van der Waals surface area contributed by atoms with E-state index in [1.165, 1.54) is 5.56 Å². The Bertz CT molecular complexity index is 993. The molecule has 1 fully saturated rings. The zero-order chi connectivity index (χ0) is 22.7. The minimum absolute atomic E-state index is 0.0282. The van der Waals surface area contributed by atoms with E-state index in [-0.39, 0.29) is 11.4 Å². The molecule has 0 bridgehead atoms. The number of alkyl halides is 4. The highest BCUT2D eigenvalue weighted by molar-refractivity contribution is 7.86. The van der Waals surface area contributed by atoms with Gasteiger partial charge in [0, 0.05) is 0 Å². The minimum Gasteiger partial charge on any atom is -0.741 e. The fraction of sp³-hybridized carbons (Fsp3) is 0.316. The molecular formula is C19H20ClF3N2O4S. The summed E-state index contributed by atoms with van der Waals surface area (Å²) in [5.74, 6) is 1.97. The summed E-state index contributed by atoms with van der Waals surface area (Å²) in [5.41, 5.74) is -3.30. The number of ether oxygens (including phenoxy) is 1. The smallest absolute Gasteiger partial charge is 0.485 e. The van der Waals surface area contributed by atoms with Crippen molar-refractivity contribution < 1.29 is 35.5 Å². The summed E-state index contributed by atoms with van der Waals surface area (Å²) < 4.78 is 66.2. The lowest BCUT2D eigenvalue weighted by Gasteiger charge is -2.41. The molecule has 1 saturated heterocycles. The highest BCUT2D eigenvalue weighted by Gasteiger charge is 2.54. The molecule has 1 aliphatic heterocycles. The van der Waals surface area contributed by atoms with Crippen LogP contribution in [0.1, 0.15) is 11.6 Å². The van der Waals surface area contributed by atoms with E-state index in [0.29, 0.717) is 0 Å². The Balaban J connectivity index is 0.000000343. The van der Waals surface area contributed by atoms with E-state index in [1.807, 2.05) is 32.3 Å². The number of amidine groups is 1. The third kappa shape index (κ3) is 5.24. The average molecular weight is 465 g/mol. The van der Waals surface area contributed by atoms with Gasteiger partial charge in [0.25, 0.3) is 5.84 Å². The van der Waals surface area contributed by atoms with Crippen LogP contribution in [0.5, 0.6) is 5.75 Å². The van der Waals surface area contributed by atoms with Crippen LogP contribution < -0.4 is 9.64 Å². The van der Waals surface area contributed by atoms with Gasteiger partial charge >= 0.3 is 5.51 Å². The molecule has 2 aromatic carbocycles. The Kier molecular flexibility index (Phi) is 7.38. The van der Waals surface area contributed by atoms with Gasteiger partial charge in [-0.3, -0.25) is 4.58 Å². The van der Waals surface area contributed by atoms with Crippen LogP contribution in [0.25, 0.3) is 0 Å². The summed E-state index contributed by atoms with van der Waals surface area (Å²) in [4.78, 5) is 2.28. The standard InChI is InChI=1S/C18H20ClN2O.CHF3O3S/c1-20(2)18-16(19)17(13-7-5-4-6-8-13)21(18)14-9-11-15(22-3)12-10-14;2-1(3,4)8(5,6)7/h4-12,16-17H,1-3H3;(H,5,6,7)/q+1;/p-1/t16-,17+;/m0./s1. The van der Waals surface area contributed by atoms with Gasteiger partial charge in [0.1, 0.15) is 11.4 Å². The Morgan fingerprint density at radius 3 is 1.97 bits per heavy atom. The van der Waals surface area contributed by atoms with Gasteiger partial charge < -0.3 is 9.29 Å². The van der Waals surface area contributed by atoms with Crippen LogP contribution >= 0.6 is 11.6 Å². The van der Waals surface area contributed by atoms with E-state index < -0.39 is 15.6 Å². The molecule has 3 rings (SSSR count). The van der Waals surface area contributed by atoms with E-state index in [9.17, 15) is 13.2 Å². The van der Waals surface area contributed by atoms with Gasteiger partial charge in [-0.25, -0.2) is 13.3 Å². The molecule has 1 heterocycles. The van der Waals surface area contributed by atoms with Gasteiger partial charge in [-0.05, 0) is 29.8 Å². The van der Waals surface area contributed by atoms with E-state index in [2.05, 4.69) is 45.9 Å². The second-order valence-electron chi connectivity index (χ2n) is 6.48. The SMILES string of the molecule is COc1ccc(N2C(=[N+](C)C)[C@@H](Cl)[C@H]2c2ccccc2)cc1.O=S(=O)([O-])C(F)(F)F. The summed E-state index contributed by atoms with van der Waals surface area (Å²) in [7, 11) is -0.352. The molecule has 0 aliphatic carbocycles. The van der Waals surface area contributed by atoms with Crippen molar-refractivity contribution in [3.05, 3.63) is 60.2 Å². The molecular weight excluding hydrogens is 445 g/mol. The van der Waals surface area contributed by atoms with Crippen molar-refractivity contribution in [3.63, 3.8) is 0 Å². The Morgan fingerprint density at radius 2 is 1.57 bits per heavy atom. The first-order valence-corrected chi connectivity index (χ1v) is 10.4. The van der Waals surface area contributed by atoms with Gasteiger partial charge in [0.05, 0.1) is 21.2 Å². The fourth-order valence-electron chi connectivity index (χ4n) is 2.93. The lowest BCUT2D eigenvalue weighted by molar-refractivity contribution is -0.468. The van der Waals surface area contributed by atoms with Crippen molar-refractivity contribution in [1.82, 2.24) is 0 Å². The molecule has 1 aliphatic rings. The summed E-state index contributed by atoms with van der Waals surface area (Å²) in [6.07, 6.45) is 0. The first kappa shape index (κ1) is 24.0. The monoisotopic (exact) mass is 464 g/mol. The highest BCUT2D eigenvalue weighted by atomic mass is 35.5. The number of hydrogen-bond acceptors (Lipinski definition) is 4. The maximum absolute atomic E-state index is 10.7. The number of nitrogens with zero attached hydrogens (tertiary/aromatic N) is 2. The van der Waals surface area contributed by atoms with Crippen LogP contribution in [0.4, 0.5) is 18.9 Å². The Labute approximate surface area is 177 Å². The summed E-state index contributed by atoms with van der Waals surface area (Å²) >= 11 is 6.67. The third-order valence-electron chi connectivity index (χ3n) is 4.28. The van der Waals surface area contributed by atoms with E-state index in [0.717, 1.165) is 17.3 Å². The largest absolute Gasteiger partial charge is 0.741 e. The van der Waals surface area contributed by atoms with Crippen molar-refractivity contribution in [3.8, 4) is 5.75 Å². The van der Waals surface area contributed by atoms with Crippen molar-refractivity contribution >= 4 is 33.2 Å². The van der Waals surface area contributed by atoms with Gasteiger partial charge in [-0.15, -0.1) is 11.6 Å². The number of rotatable bonds is 3. The first-order chi connectivity index (χ1) is 13.9. The zero-order valence-electron chi connectivity index (χ0n) is 16.3. The van der Waals surface area contributed by atoms with E-state index in [4.69, 9.17) is 29.3 Å². The quantitative estimate of drug-likeness (QED) is 0.300. The molecule has 30 heavy (non-hydrogen) atoms. The van der Waals surface area contributed by atoms with E-state index in [1.54, 1.807) is 7.11 Å². The molecule has 0 spiro atoms. The predicted molar refractivity (Wildman–Crippen MR) is 107 cm³/mol. The van der Waals surface area contributed by atoms with Crippen LogP contribution in [-0.4, -0.2) is 55.5 Å². The van der Waals surface area contributed by atoms with Gasteiger partial charge in [-0.1, -0.05) is 30.3 Å². The molecule has 6 nitrogen and oxygen atoms in total. The number of anilines is 1. The second kappa shape index (κ2) is 9.23. The molecule has 2 aromatic rings. The minimum atomic E-state index is -6.09. The molecule has 0 N–H and O–H groups in total. The molecule has 0 saturated carbocycles. The number of hydrogen-bond donors (Lipinski definition) is 0. The normalized spacial score (nSPS) is 18.8. The Morgan fingerprint density at radius 1 is 1.07 bits per heavy atom. The molecule has 0 radical (unpaired) electrons. The zero-order valence-corrected chi connectivity index (χ0v) is 17.9. The lowest BCUT2D eigenvalue weighted by atomic mass is 9.91. The van der Waals surface area contributed by atoms with Crippen LogP contribution in [-0.2, 0) is 10.1 Å². The van der Waals surface area contributed by atoms with Crippen LogP contribution in [0.3, 0.4) is 0 Å². The van der Waals surface area contributed by atoms with Crippen LogP contribution in [0.2, 0.25) is 0 Å². The topological polar surface area (TPSA) is 72.7 Å². The first-order valence-electron chi connectivity index (χ1n) is 8.57. The van der Waals surface area contributed by atoms with Crippen molar-refractivity contribution in [2.75, 3.05) is 26.1 Å². The number of methoxy groups -OCH3 is 1. The molecule has 2 atom stereocenters. The fourth-order valence-corrected chi connectivity index (χ4v) is 3.49. The third-order valence-corrected chi connectivity index (χ3v) is 5.28. The molecule has 11 heteroatoms. The van der Waals surface area contributed by atoms with E-state index >= 15 is 0 Å². The predicted octanol–water partition coefficient (Wildman–Crippen LogP) is 3.59. The van der Waals surface area contributed by atoms with Crippen LogP contribution in [0.15, 0.2) is 54.6 Å². The average Bonchev–Trinajstić information content (AvgIpc) is 2.65. The van der Waals surface area contributed by atoms with Crippen molar-refractivity contribution in [2.24, 2.45) is 0 Å². The summed E-state index contributed by atoms with van der Waals surface area (Å²) in [6.45, 7) is 0. The Hall–Kier alpha value is -2.30. The second-order valence-corrected chi connectivity index (χ2v) is 8.32. The highest BCUT2D eigenvalue weighted by Crippen LogP contribution is 2.42. The lowest BCUT2D eigenvalue weighted by Crippen LogP contribution is -2.59. The van der Waals surface area contributed by atoms with Crippen molar-refractivity contribution in [1.29, 1.82) is 0 Å².